The Kier molecular flexibility index (Phi) is 2.95. The van der Waals surface area contributed by atoms with E-state index >= 15 is 0 Å². The maximum atomic E-state index is 13.3. The molecule has 20 heavy (non-hydrogen) atoms. The smallest absolute Gasteiger partial charge is 0.222 e. The number of hydrogen-bond acceptors (Lipinski definition) is 4. The first kappa shape index (κ1) is 12.3. The van der Waals surface area contributed by atoms with Crippen LogP contribution in [0.3, 0.4) is 0 Å². The zero-order valence-corrected chi connectivity index (χ0v) is 10.9. The van der Waals surface area contributed by atoms with Gasteiger partial charge in [0.25, 0.3) is 0 Å². The van der Waals surface area contributed by atoms with Gasteiger partial charge in [-0.15, -0.1) is 0 Å². The van der Waals surface area contributed by atoms with Gasteiger partial charge in [-0.05, 0) is 42.8 Å². The Morgan fingerprint density at radius 3 is 2.70 bits per heavy atom. The number of anilines is 3. The fourth-order valence-corrected chi connectivity index (χ4v) is 2.05. The molecule has 1 heterocycles. The number of rotatable bonds is 2. The van der Waals surface area contributed by atoms with Gasteiger partial charge in [0.1, 0.15) is 11.6 Å². The van der Waals surface area contributed by atoms with Crippen molar-refractivity contribution < 1.29 is 4.39 Å². The SMILES string of the molecule is Cc1cc(Nc2nc(N)nc3ccccc23)ccc1F. The molecule has 0 amide bonds. The van der Waals surface area contributed by atoms with E-state index in [-0.39, 0.29) is 11.8 Å². The van der Waals surface area contributed by atoms with Crippen molar-refractivity contribution in [2.45, 2.75) is 6.92 Å². The van der Waals surface area contributed by atoms with Gasteiger partial charge in [0, 0.05) is 11.1 Å². The van der Waals surface area contributed by atoms with Crippen LogP contribution in [0.4, 0.5) is 21.8 Å². The van der Waals surface area contributed by atoms with E-state index in [0.29, 0.717) is 11.4 Å². The van der Waals surface area contributed by atoms with Gasteiger partial charge >= 0.3 is 0 Å². The number of para-hydroxylation sites is 1. The first-order valence-electron chi connectivity index (χ1n) is 6.19. The number of nitrogens with zero attached hydrogens (tertiary/aromatic N) is 2. The van der Waals surface area contributed by atoms with Gasteiger partial charge in [-0.3, -0.25) is 0 Å². The van der Waals surface area contributed by atoms with E-state index in [4.69, 9.17) is 5.73 Å². The summed E-state index contributed by atoms with van der Waals surface area (Å²) in [7, 11) is 0. The number of aryl methyl sites for hydroxylation is 1. The molecule has 0 bridgehead atoms. The van der Waals surface area contributed by atoms with E-state index < -0.39 is 0 Å². The van der Waals surface area contributed by atoms with Crippen LogP contribution in [-0.2, 0) is 0 Å². The summed E-state index contributed by atoms with van der Waals surface area (Å²) in [6, 6.07) is 12.4. The molecule has 0 aliphatic rings. The maximum absolute atomic E-state index is 13.3. The predicted octanol–water partition coefficient (Wildman–Crippen LogP) is 3.40. The molecule has 0 aliphatic heterocycles. The van der Waals surface area contributed by atoms with Gasteiger partial charge in [-0.2, -0.15) is 4.98 Å². The minimum absolute atomic E-state index is 0.199. The Morgan fingerprint density at radius 1 is 1.10 bits per heavy atom. The second kappa shape index (κ2) is 4.77. The van der Waals surface area contributed by atoms with Crippen molar-refractivity contribution in [2.75, 3.05) is 11.1 Å². The summed E-state index contributed by atoms with van der Waals surface area (Å²) in [5.41, 5.74) is 7.80. The lowest BCUT2D eigenvalue weighted by Gasteiger charge is -2.10. The van der Waals surface area contributed by atoms with Crippen molar-refractivity contribution in [3.63, 3.8) is 0 Å². The molecule has 2 aromatic carbocycles. The molecule has 0 spiro atoms. The number of nitrogen functional groups attached to an aromatic ring is 1. The fraction of sp³-hybridized carbons (Fsp3) is 0.0667. The van der Waals surface area contributed by atoms with Crippen molar-refractivity contribution >= 4 is 28.4 Å². The van der Waals surface area contributed by atoms with Crippen LogP contribution >= 0.6 is 0 Å². The monoisotopic (exact) mass is 268 g/mol. The Hall–Kier alpha value is -2.69. The highest BCUT2D eigenvalue weighted by molar-refractivity contribution is 5.91. The van der Waals surface area contributed by atoms with E-state index in [0.717, 1.165) is 16.6 Å². The molecule has 0 aliphatic carbocycles. The molecule has 5 heteroatoms. The van der Waals surface area contributed by atoms with Gasteiger partial charge in [-0.1, -0.05) is 12.1 Å². The van der Waals surface area contributed by atoms with Crippen LogP contribution < -0.4 is 11.1 Å². The molecule has 0 fully saturated rings. The molecule has 0 unspecified atom stereocenters. The van der Waals surface area contributed by atoms with Crippen LogP contribution in [0.15, 0.2) is 42.5 Å². The molecule has 3 N–H and O–H groups in total. The van der Waals surface area contributed by atoms with Crippen molar-refractivity contribution in [2.24, 2.45) is 0 Å². The topological polar surface area (TPSA) is 63.8 Å². The normalized spacial score (nSPS) is 10.7. The molecule has 100 valence electrons. The minimum Gasteiger partial charge on any atom is -0.368 e. The number of halogens is 1. The number of fused-ring (bicyclic) bond motifs is 1. The van der Waals surface area contributed by atoms with Gasteiger partial charge in [-0.25, -0.2) is 9.37 Å². The lowest BCUT2D eigenvalue weighted by molar-refractivity contribution is 0.619. The number of benzene rings is 2. The minimum atomic E-state index is -0.234. The Balaban J connectivity index is 2.07. The van der Waals surface area contributed by atoms with Gasteiger partial charge in [0.2, 0.25) is 5.95 Å². The third-order valence-electron chi connectivity index (χ3n) is 3.04. The number of nitrogens with one attached hydrogen (secondary N) is 1. The first-order chi connectivity index (χ1) is 9.63. The van der Waals surface area contributed by atoms with Gasteiger partial charge in [0.05, 0.1) is 5.52 Å². The second-order valence-electron chi connectivity index (χ2n) is 4.54. The van der Waals surface area contributed by atoms with E-state index in [1.807, 2.05) is 24.3 Å². The summed E-state index contributed by atoms with van der Waals surface area (Å²) in [6.45, 7) is 1.72. The summed E-state index contributed by atoms with van der Waals surface area (Å²) >= 11 is 0. The molecule has 1 aromatic heterocycles. The summed E-state index contributed by atoms with van der Waals surface area (Å²) in [5, 5.41) is 4.02. The van der Waals surface area contributed by atoms with Crippen molar-refractivity contribution in [3.05, 3.63) is 53.8 Å². The Bertz CT molecular complexity index is 786. The molecular formula is C15H13FN4. The highest BCUT2D eigenvalue weighted by Gasteiger charge is 2.07. The number of aromatic nitrogens is 2. The average molecular weight is 268 g/mol. The Morgan fingerprint density at radius 2 is 1.90 bits per heavy atom. The van der Waals surface area contributed by atoms with Crippen LogP contribution in [-0.4, -0.2) is 9.97 Å². The molecule has 3 aromatic rings. The summed E-state index contributed by atoms with van der Waals surface area (Å²) in [5.74, 6) is 0.576. The van der Waals surface area contributed by atoms with Crippen LogP contribution in [0, 0.1) is 12.7 Å². The van der Waals surface area contributed by atoms with Gasteiger partial charge < -0.3 is 11.1 Å². The molecule has 0 saturated heterocycles. The van der Waals surface area contributed by atoms with Crippen molar-refractivity contribution in [1.29, 1.82) is 0 Å². The zero-order chi connectivity index (χ0) is 14.1. The highest BCUT2D eigenvalue weighted by atomic mass is 19.1. The molecule has 3 rings (SSSR count). The predicted molar refractivity (Wildman–Crippen MR) is 78.4 cm³/mol. The average Bonchev–Trinajstić information content (AvgIpc) is 2.43. The summed E-state index contributed by atoms with van der Waals surface area (Å²) in [4.78, 5) is 8.39. The number of hydrogen-bond donors (Lipinski definition) is 2. The fourth-order valence-electron chi connectivity index (χ4n) is 2.05. The molecule has 0 atom stereocenters. The quantitative estimate of drug-likeness (QED) is 0.747. The molecule has 0 saturated carbocycles. The van der Waals surface area contributed by atoms with Crippen LogP contribution in [0.25, 0.3) is 10.9 Å². The third-order valence-corrected chi connectivity index (χ3v) is 3.04. The summed E-state index contributed by atoms with van der Waals surface area (Å²) in [6.07, 6.45) is 0. The summed E-state index contributed by atoms with van der Waals surface area (Å²) < 4.78 is 13.3. The standard InChI is InChI=1S/C15H13FN4/c1-9-8-10(6-7-12(9)16)18-14-11-4-2-3-5-13(11)19-15(17)20-14/h2-8H,1H3,(H3,17,18,19,20). The van der Waals surface area contributed by atoms with Crippen molar-refractivity contribution in [1.82, 2.24) is 9.97 Å². The van der Waals surface area contributed by atoms with Crippen LogP contribution in [0.2, 0.25) is 0 Å². The van der Waals surface area contributed by atoms with E-state index in [9.17, 15) is 4.39 Å². The van der Waals surface area contributed by atoms with E-state index in [1.165, 1.54) is 6.07 Å². The van der Waals surface area contributed by atoms with Crippen LogP contribution in [0.1, 0.15) is 5.56 Å². The third kappa shape index (κ3) is 2.25. The Labute approximate surface area is 115 Å². The first-order valence-corrected chi connectivity index (χ1v) is 6.19. The number of nitrogens with two attached hydrogens (primary N) is 1. The lowest BCUT2D eigenvalue weighted by atomic mass is 10.2. The van der Waals surface area contributed by atoms with Gasteiger partial charge in [0.15, 0.2) is 0 Å². The van der Waals surface area contributed by atoms with Crippen LogP contribution in [0.5, 0.6) is 0 Å². The maximum Gasteiger partial charge on any atom is 0.222 e. The molecule has 4 nitrogen and oxygen atoms in total. The zero-order valence-electron chi connectivity index (χ0n) is 10.9. The highest BCUT2D eigenvalue weighted by Crippen LogP contribution is 2.25. The molecular weight excluding hydrogens is 255 g/mol. The second-order valence-corrected chi connectivity index (χ2v) is 4.54. The largest absolute Gasteiger partial charge is 0.368 e. The molecule has 0 radical (unpaired) electrons. The van der Waals surface area contributed by atoms with E-state index in [1.54, 1.807) is 19.1 Å². The van der Waals surface area contributed by atoms with Crippen molar-refractivity contribution in [3.8, 4) is 0 Å². The van der Waals surface area contributed by atoms with E-state index in [2.05, 4.69) is 15.3 Å². The lowest BCUT2D eigenvalue weighted by Crippen LogP contribution is -2.01.